The van der Waals surface area contributed by atoms with Crippen molar-refractivity contribution in [2.24, 2.45) is 0 Å². The molecule has 0 atom stereocenters. The summed E-state index contributed by atoms with van der Waals surface area (Å²) < 4.78 is 0. The van der Waals surface area contributed by atoms with Gasteiger partial charge in [-0.05, 0) is 42.8 Å². The van der Waals surface area contributed by atoms with Gasteiger partial charge in [0.25, 0.3) is 0 Å². The molecule has 0 aliphatic rings. The summed E-state index contributed by atoms with van der Waals surface area (Å²) in [6.07, 6.45) is 0. The van der Waals surface area contributed by atoms with Gasteiger partial charge in [0.1, 0.15) is 0 Å². The first-order chi connectivity index (χ1) is 13.5. The van der Waals surface area contributed by atoms with Crippen molar-refractivity contribution >= 4 is 62.5 Å². The van der Waals surface area contributed by atoms with Gasteiger partial charge in [-0.1, -0.05) is 35.5 Å². The maximum absolute atomic E-state index is 12.2. The van der Waals surface area contributed by atoms with E-state index in [2.05, 4.69) is 34.0 Å². The van der Waals surface area contributed by atoms with Gasteiger partial charge in [0.05, 0.1) is 22.4 Å². The standard InChI is InChI=1S/C20H17ClN4OS2/c1-12-6-7-17-18(8-12)24-19(23-17)27-10-15-11-28-20(22-15)25(13(2)26)16-5-3-4-14(21)9-16/h3-9,11H,10H2,1-2H3,(H,23,24). The molecule has 0 radical (unpaired) electrons. The molecule has 2 aromatic carbocycles. The minimum Gasteiger partial charge on any atom is -0.333 e. The summed E-state index contributed by atoms with van der Waals surface area (Å²) in [5.74, 6) is 0.555. The van der Waals surface area contributed by atoms with Crippen molar-refractivity contribution in [1.29, 1.82) is 0 Å². The molecule has 0 unspecified atom stereocenters. The van der Waals surface area contributed by atoms with E-state index in [1.165, 1.54) is 23.8 Å². The molecule has 1 N–H and O–H groups in total. The summed E-state index contributed by atoms with van der Waals surface area (Å²) in [6.45, 7) is 3.58. The molecule has 0 saturated carbocycles. The Kier molecular flexibility index (Phi) is 5.39. The van der Waals surface area contributed by atoms with E-state index in [1.54, 1.807) is 28.8 Å². The Labute approximate surface area is 175 Å². The van der Waals surface area contributed by atoms with Gasteiger partial charge in [0.2, 0.25) is 5.91 Å². The third-order valence-corrected chi connectivity index (χ3v) is 6.10. The van der Waals surface area contributed by atoms with E-state index in [1.807, 2.05) is 23.6 Å². The molecule has 0 fully saturated rings. The summed E-state index contributed by atoms with van der Waals surface area (Å²) in [4.78, 5) is 26.4. The molecule has 28 heavy (non-hydrogen) atoms. The maximum atomic E-state index is 12.2. The predicted octanol–water partition coefficient (Wildman–Crippen LogP) is 5.96. The van der Waals surface area contributed by atoms with Gasteiger partial charge in [-0.15, -0.1) is 11.3 Å². The van der Waals surface area contributed by atoms with Crippen LogP contribution in [0.3, 0.4) is 0 Å². The fourth-order valence-electron chi connectivity index (χ4n) is 2.82. The van der Waals surface area contributed by atoms with Crippen LogP contribution < -0.4 is 4.90 Å². The number of thiazole rings is 1. The molecule has 0 aliphatic carbocycles. The molecule has 0 bridgehead atoms. The second-order valence-corrected chi connectivity index (χ2v) is 8.54. The predicted molar refractivity (Wildman–Crippen MR) is 117 cm³/mol. The smallest absolute Gasteiger partial charge is 0.230 e. The van der Waals surface area contributed by atoms with Crippen LogP contribution in [-0.4, -0.2) is 20.9 Å². The zero-order valence-corrected chi connectivity index (χ0v) is 17.7. The summed E-state index contributed by atoms with van der Waals surface area (Å²) in [6, 6.07) is 13.4. The lowest BCUT2D eigenvalue weighted by molar-refractivity contribution is -0.115. The van der Waals surface area contributed by atoms with Gasteiger partial charge in [0.15, 0.2) is 10.3 Å². The van der Waals surface area contributed by atoms with Crippen molar-refractivity contribution in [2.45, 2.75) is 24.8 Å². The van der Waals surface area contributed by atoms with Crippen LogP contribution in [0, 0.1) is 6.92 Å². The van der Waals surface area contributed by atoms with Gasteiger partial charge >= 0.3 is 0 Å². The minimum atomic E-state index is -0.108. The summed E-state index contributed by atoms with van der Waals surface area (Å²) >= 11 is 9.10. The highest BCUT2D eigenvalue weighted by Crippen LogP contribution is 2.32. The molecule has 0 spiro atoms. The number of carbonyl (C=O) groups is 1. The lowest BCUT2D eigenvalue weighted by Crippen LogP contribution is -2.22. The number of aromatic amines is 1. The fourth-order valence-corrected chi connectivity index (χ4v) is 4.77. The average Bonchev–Trinajstić information content (AvgIpc) is 3.26. The molecule has 0 saturated heterocycles. The SMILES string of the molecule is CC(=O)N(c1cccc(Cl)c1)c1nc(CSc2nc3ccc(C)cc3[nH]2)cs1. The van der Waals surface area contributed by atoms with Gasteiger partial charge in [-0.25, -0.2) is 9.97 Å². The van der Waals surface area contributed by atoms with E-state index in [0.717, 1.165) is 21.9 Å². The highest BCUT2D eigenvalue weighted by atomic mass is 35.5. The van der Waals surface area contributed by atoms with Crippen molar-refractivity contribution in [3.63, 3.8) is 0 Å². The number of aryl methyl sites for hydroxylation is 1. The third kappa shape index (κ3) is 4.06. The topological polar surface area (TPSA) is 61.9 Å². The van der Waals surface area contributed by atoms with Crippen LogP contribution in [0.1, 0.15) is 18.2 Å². The van der Waals surface area contributed by atoms with Gasteiger partial charge < -0.3 is 4.98 Å². The molecule has 5 nitrogen and oxygen atoms in total. The Balaban J connectivity index is 1.51. The lowest BCUT2D eigenvalue weighted by Gasteiger charge is -2.18. The number of H-pyrrole nitrogens is 1. The van der Waals surface area contributed by atoms with E-state index >= 15 is 0 Å². The van der Waals surface area contributed by atoms with E-state index < -0.39 is 0 Å². The molecular formula is C20H17ClN4OS2. The zero-order chi connectivity index (χ0) is 19.7. The number of nitrogens with one attached hydrogen (secondary N) is 1. The van der Waals surface area contributed by atoms with Gasteiger partial charge in [0, 0.05) is 23.1 Å². The summed E-state index contributed by atoms with van der Waals surface area (Å²) in [7, 11) is 0. The van der Waals surface area contributed by atoms with Crippen molar-refractivity contribution in [1.82, 2.24) is 15.0 Å². The highest BCUT2D eigenvalue weighted by molar-refractivity contribution is 7.98. The normalized spacial score (nSPS) is 11.1. The number of fused-ring (bicyclic) bond motifs is 1. The van der Waals surface area contributed by atoms with Crippen molar-refractivity contribution in [3.05, 3.63) is 64.1 Å². The Morgan fingerprint density at radius 3 is 2.89 bits per heavy atom. The quantitative estimate of drug-likeness (QED) is 0.398. The van der Waals surface area contributed by atoms with Gasteiger partial charge in [-0.2, -0.15) is 0 Å². The molecule has 8 heteroatoms. The molecule has 2 aromatic heterocycles. The molecule has 2 heterocycles. The number of nitrogens with zero attached hydrogens (tertiary/aromatic N) is 3. The number of carbonyl (C=O) groups excluding carboxylic acids is 1. The third-order valence-electron chi connectivity index (χ3n) is 4.08. The number of halogens is 1. The second kappa shape index (κ2) is 7.95. The van der Waals surface area contributed by atoms with Crippen LogP contribution in [-0.2, 0) is 10.5 Å². The van der Waals surface area contributed by atoms with Crippen LogP contribution in [0.15, 0.2) is 53.0 Å². The number of anilines is 2. The molecule has 4 aromatic rings. The van der Waals surface area contributed by atoms with Crippen LogP contribution in [0.2, 0.25) is 5.02 Å². The Hall–Kier alpha value is -2.35. The monoisotopic (exact) mass is 428 g/mol. The van der Waals surface area contributed by atoms with Crippen molar-refractivity contribution in [3.8, 4) is 0 Å². The maximum Gasteiger partial charge on any atom is 0.230 e. The van der Waals surface area contributed by atoms with E-state index in [4.69, 9.17) is 11.6 Å². The lowest BCUT2D eigenvalue weighted by atomic mass is 10.2. The van der Waals surface area contributed by atoms with Crippen LogP contribution >= 0.6 is 34.7 Å². The van der Waals surface area contributed by atoms with E-state index in [9.17, 15) is 4.79 Å². The number of benzene rings is 2. The number of hydrogen-bond donors (Lipinski definition) is 1. The van der Waals surface area contributed by atoms with Gasteiger partial charge in [-0.3, -0.25) is 9.69 Å². The highest BCUT2D eigenvalue weighted by Gasteiger charge is 2.18. The minimum absolute atomic E-state index is 0.108. The number of aromatic nitrogens is 3. The molecule has 142 valence electrons. The largest absolute Gasteiger partial charge is 0.333 e. The number of rotatable bonds is 5. The first-order valence-electron chi connectivity index (χ1n) is 8.59. The molecule has 4 rings (SSSR count). The zero-order valence-electron chi connectivity index (χ0n) is 15.3. The first kappa shape index (κ1) is 19.0. The Bertz CT molecular complexity index is 1150. The van der Waals surface area contributed by atoms with Crippen molar-refractivity contribution in [2.75, 3.05) is 4.90 Å². The summed E-state index contributed by atoms with van der Waals surface area (Å²) in [5.41, 5.74) is 4.79. The Morgan fingerprint density at radius 2 is 2.11 bits per heavy atom. The molecule has 0 aliphatic heterocycles. The first-order valence-corrected chi connectivity index (χ1v) is 10.8. The number of thioether (sulfide) groups is 1. The number of imidazole rings is 1. The summed E-state index contributed by atoms with van der Waals surface area (Å²) in [5, 5.41) is 4.03. The van der Waals surface area contributed by atoms with Crippen LogP contribution in [0.5, 0.6) is 0 Å². The van der Waals surface area contributed by atoms with E-state index in [-0.39, 0.29) is 5.91 Å². The van der Waals surface area contributed by atoms with Crippen LogP contribution in [0.25, 0.3) is 11.0 Å². The number of hydrogen-bond acceptors (Lipinski definition) is 5. The molecular weight excluding hydrogens is 412 g/mol. The van der Waals surface area contributed by atoms with Crippen molar-refractivity contribution < 1.29 is 4.79 Å². The fraction of sp³-hybridized carbons (Fsp3) is 0.150. The average molecular weight is 429 g/mol. The van der Waals surface area contributed by atoms with E-state index in [0.29, 0.717) is 21.6 Å². The second-order valence-electron chi connectivity index (χ2n) is 6.31. The Morgan fingerprint density at radius 1 is 1.25 bits per heavy atom. The van der Waals surface area contributed by atoms with Crippen LogP contribution in [0.4, 0.5) is 10.8 Å². The number of amides is 1. The molecule has 1 amide bonds.